The maximum Gasteiger partial charge on any atom is 0.241 e. The molecule has 0 bridgehead atoms. The molecule has 110 valence electrons. The van der Waals surface area contributed by atoms with Gasteiger partial charge in [-0.1, -0.05) is 44.2 Å². The number of hydrogen-bond donors (Lipinski definition) is 2. The summed E-state index contributed by atoms with van der Waals surface area (Å²) >= 11 is 0. The molecule has 1 aromatic carbocycles. The number of amides is 1. The molecule has 2 rings (SSSR count). The fraction of sp³-hybridized carbons (Fsp3) is 0.562. The van der Waals surface area contributed by atoms with Crippen LogP contribution in [0.25, 0.3) is 0 Å². The van der Waals surface area contributed by atoms with Crippen LogP contribution in [-0.2, 0) is 4.79 Å². The van der Waals surface area contributed by atoms with E-state index in [4.69, 9.17) is 0 Å². The van der Waals surface area contributed by atoms with Gasteiger partial charge in [0.2, 0.25) is 5.91 Å². The molecule has 0 aromatic heterocycles. The van der Waals surface area contributed by atoms with E-state index < -0.39 is 0 Å². The van der Waals surface area contributed by atoms with E-state index in [1.165, 1.54) is 0 Å². The van der Waals surface area contributed by atoms with E-state index in [0.717, 1.165) is 38.3 Å². The zero-order valence-electron chi connectivity index (χ0n) is 12.4. The van der Waals surface area contributed by atoms with Crippen LogP contribution in [-0.4, -0.2) is 43.5 Å². The second kappa shape index (κ2) is 7.41. The third-order valence-corrected chi connectivity index (χ3v) is 3.97. The van der Waals surface area contributed by atoms with Gasteiger partial charge in [-0.3, -0.25) is 9.69 Å². The van der Waals surface area contributed by atoms with Gasteiger partial charge < -0.3 is 10.6 Å². The lowest BCUT2D eigenvalue weighted by atomic mass is 10.0. The van der Waals surface area contributed by atoms with Crippen LogP contribution < -0.4 is 10.6 Å². The Morgan fingerprint density at radius 1 is 1.30 bits per heavy atom. The standard InChI is InChI=1S/C16H25N3O/c1-3-19(4-2)15(14-8-6-5-7-9-14)16(20)18-12-13-10-17-11-13/h5-9,13,15,17H,3-4,10-12H2,1-2H3,(H,18,20). The van der Waals surface area contributed by atoms with Gasteiger partial charge in [0.25, 0.3) is 0 Å². The molecule has 1 unspecified atom stereocenters. The van der Waals surface area contributed by atoms with Gasteiger partial charge in [0.15, 0.2) is 0 Å². The van der Waals surface area contributed by atoms with E-state index in [-0.39, 0.29) is 11.9 Å². The molecule has 0 radical (unpaired) electrons. The SMILES string of the molecule is CCN(CC)C(C(=O)NCC1CNC1)c1ccccc1. The van der Waals surface area contributed by atoms with Crippen molar-refractivity contribution in [2.24, 2.45) is 5.92 Å². The third kappa shape index (κ3) is 3.58. The Morgan fingerprint density at radius 3 is 2.45 bits per heavy atom. The van der Waals surface area contributed by atoms with Crippen molar-refractivity contribution in [1.82, 2.24) is 15.5 Å². The summed E-state index contributed by atoms with van der Waals surface area (Å²) in [5.74, 6) is 0.707. The van der Waals surface area contributed by atoms with E-state index in [1.54, 1.807) is 0 Å². The van der Waals surface area contributed by atoms with Gasteiger partial charge in [-0.15, -0.1) is 0 Å². The molecule has 2 N–H and O–H groups in total. The number of nitrogens with zero attached hydrogens (tertiary/aromatic N) is 1. The first-order valence-corrected chi connectivity index (χ1v) is 7.53. The van der Waals surface area contributed by atoms with Gasteiger partial charge in [-0.2, -0.15) is 0 Å². The largest absolute Gasteiger partial charge is 0.354 e. The average molecular weight is 275 g/mol. The summed E-state index contributed by atoms with van der Waals surface area (Å²) in [5.41, 5.74) is 1.07. The Kier molecular flexibility index (Phi) is 5.56. The Morgan fingerprint density at radius 2 is 1.95 bits per heavy atom. The van der Waals surface area contributed by atoms with E-state index in [1.807, 2.05) is 30.3 Å². The number of likely N-dealkylation sites (N-methyl/N-ethyl adjacent to an activating group) is 1. The Bertz CT molecular complexity index is 413. The third-order valence-electron chi connectivity index (χ3n) is 3.97. The van der Waals surface area contributed by atoms with Crippen LogP contribution in [0.1, 0.15) is 25.5 Å². The maximum atomic E-state index is 12.6. The Labute approximate surface area is 121 Å². The van der Waals surface area contributed by atoms with E-state index in [2.05, 4.69) is 29.4 Å². The van der Waals surface area contributed by atoms with Gasteiger partial charge in [0, 0.05) is 25.6 Å². The molecule has 1 aliphatic rings. The molecule has 1 saturated heterocycles. The van der Waals surface area contributed by atoms with Crippen molar-refractivity contribution in [2.45, 2.75) is 19.9 Å². The summed E-state index contributed by atoms with van der Waals surface area (Å²) in [4.78, 5) is 14.8. The minimum absolute atomic E-state index is 0.117. The molecule has 1 atom stereocenters. The molecule has 1 fully saturated rings. The lowest BCUT2D eigenvalue weighted by Crippen LogP contribution is -2.50. The van der Waals surface area contributed by atoms with Gasteiger partial charge in [-0.25, -0.2) is 0 Å². The summed E-state index contributed by atoms with van der Waals surface area (Å²) in [6.45, 7) is 8.74. The van der Waals surface area contributed by atoms with E-state index in [0.29, 0.717) is 5.92 Å². The van der Waals surface area contributed by atoms with Crippen molar-refractivity contribution in [1.29, 1.82) is 0 Å². The van der Waals surface area contributed by atoms with Crippen molar-refractivity contribution < 1.29 is 4.79 Å². The second-order valence-electron chi connectivity index (χ2n) is 5.30. The zero-order valence-corrected chi connectivity index (χ0v) is 12.4. The summed E-state index contributed by atoms with van der Waals surface area (Å²) in [6, 6.07) is 9.87. The van der Waals surface area contributed by atoms with Gasteiger partial charge in [0.05, 0.1) is 0 Å². The smallest absolute Gasteiger partial charge is 0.241 e. The average Bonchev–Trinajstić information content (AvgIpc) is 2.43. The number of carbonyl (C=O) groups excluding carboxylic acids is 1. The normalized spacial score (nSPS) is 16.8. The van der Waals surface area contributed by atoms with Crippen LogP contribution in [0.4, 0.5) is 0 Å². The van der Waals surface area contributed by atoms with Crippen LogP contribution in [0, 0.1) is 5.92 Å². The minimum Gasteiger partial charge on any atom is -0.354 e. The molecule has 4 heteroatoms. The first-order valence-electron chi connectivity index (χ1n) is 7.53. The van der Waals surface area contributed by atoms with Crippen molar-refractivity contribution in [3.63, 3.8) is 0 Å². The van der Waals surface area contributed by atoms with Crippen LogP contribution in [0.3, 0.4) is 0 Å². The van der Waals surface area contributed by atoms with Crippen LogP contribution in [0.2, 0.25) is 0 Å². The highest BCUT2D eigenvalue weighted by Crippen LogP contribution is 2.20. The summed E-state index contributed by atoms with van der Waals surface area (Å²) in [7, 11) is 0. The molecule has 1 aliphatic heterocycles. The molecule has 1 heterocycles. The number of rotatable bonds is 7. The summed E-state index contributed by atoms with van der Waals surface area (Å²) in [5, 5.41) is 6.34. The highest BCUT2D eigenvalue weighted by atomic mass is 16.2. The lowest BCUT2D eigenvalue weighted by Gasteiger charge is -2.31. The minimum atomic E-state index is -0.181. The molecule has 0 spiro atoms. The van der Waals surface area contributed by atoms with Gasteiger partial charge >= 0.3 is 0 Å². The van der Waals surface area contributed by atoms with Crippen molar-refractivity contribution in [2.75, 3.05) is 32.7 Å². The quantitative estimate of drug-likeness (QED) is 0.791. The van der Waals surface area contributed by atoms with Crippen LogP contribution >= 0.6 is 0 Å². The highest BCUT2D eigenvalue weighted by molar-refractivity contribution is 5.83. The molecule has 1 aromatic rings. The fourth-order valence-electron chi connectivity index (χ4n) is 2.59. The molecule has 4 nitrogen and oxygen atoms in total. The van der Waals surface area contributed by atoms with Crippen molar-refractivity contribution in [3.05, 3.63) is 35.9 Å². The van der Waals surface area contributed by atoms with E-state index in [9.17, 15) is 4.79 Å². The number of hydrogen-bond acceptors (Lipinski definition) is 3. The second-order valence-corrected chi connectivity index (χ2v) is 5.30. The van der Waals surface area contributed by atoms with Crippen LogP contribution in [0.5, 0.6) is 0 Å². The molecular formula is C16H25N3O. The fourth-order valence-corrected chi connectivity index (χ4v) is 2.59. The number of nitrogens with one attached hydrogen (secondary N) is 2. The van der Waals surface area contributed by atoms with Crippen LogP contribution in [0.15, 0.2) is 30.3 Å². The Balaban J connectivity index is 2.06. The first-order chi connectivity index (χ1) is 9.76. The molecule has 20 heavy (non-hydrogen) atoms. The van der Waals surface area contributed by atoms with Crippen molar-refractivity contribution in [3.8, 4) is 0 Å². The molecule has 0 aliphatic carbocycles. The van der Waals surface area contributed by atoms with Gasteiger partial charge in [-0.05, 0) is 18.7 Å². The highest BCUT2D eigenvalue weighted by Gasteiger charge is 2.26. The topological polar surface area (TPSA) is 44.4 Å². The number of carbonyl (C=O) groups is 1. The van der Waals surface area contributed by atoms with E-state index >= 15 is 0 Å². The monoisotopic (exact) mass is 275 g/mol. The molecule has 0 saturated carbocycles. The predicted molar refractivity (Wildman–Crippen MR) is 81.5 cm³/mol. The molecular weight excluding hydrogens is 250 g/mol. The number of benzene rings is 1. The lowest BCUT2D eigenvalue weighted by molar-refractivity contribution is -0.126. The summed E-state index contributed by atoms with van der Waals surface area (Å²) < 4.78 is 0. The summed E-state index contributed by atoms with van der Waals surface area (Å²) in [6.07, 6.45) is 0. The van der Waals surface area contributed by atoms with Gasteiger partial charge in [0.1, 0.15) is 6.04 Å². The maximum absolute atomic E-state index is 12.6. The predicted octanol–water partition coefficient (Wildman–Crippen LogP) is 1.41. The Hall–Kier alpha value is -1.39. The first kappa shape index (κ1) is 15.0. The van der Waals surface area contributed by atoms with Crippen molar-refractivity contribution >= 4 is 5.91 Å². The molecule has 1 amide bonds. The zero-order chi connectivity index (χ0) is 14.4.